The van der Waals surface area contributed by atoms with Crippen molar-refractivity contribution in [1.29, 1.82) is 0 Å². The van der Waals surface area contributed by atoms with Crippen molar-refractivity contribution in [3.05, 3.63) is 47.5 Å². The fourth-order valence-corrected chi connectivity index (χ4v) is 2.59. The van der Waals surface area contributed by atoms with Crippen molar-refractivity contribution >= 4 is 34.0 Å². The molecule has 7 nitrogen and oxygen atoms in total. The van der Waals surface area contributed by atoms with E-state index in [1.807, 2.05) is 0 Å². The van der Waals surface area contributed by atoms with Crippen LogP contribution in [-0.2, 0) is 0 Å². The summed E-state index contributed by atoms with van der Waals surface area (Å²) in [6, 6.07) is 7.57. The van der Waals surface area contributed by atoms with Gasteiger partial charge in [0.05, 0.1) is 23.8 Å². The largest absolute Gasteiger partial charge is 0.487 e. The van der Waals surface area contributed by atoms with E-state index >= 15 is 0 Å². The van der Waals surface area contributed by atoms with Crippen LogP contribution in [0, 0.1) is 5.82 Å². The second kappa shape index (κ2) is 8.81. The van der Waals surface area contributed by atoms with Gasteiger partial charge in [0.2, 0.25) is 0 Å². The van der Waals surface area contributed by atoms with Gasteiger partial charge in [-0.1, -0.05) is 11.6 Å². The summed E-state index contributed by atoms with van der Waals surface area (Å²) in [7, 11) is 0. The number of hydrogen-bond acceptors (Lipinski definition) is 7. The molecule has 0 aliphatic rings. The van der Waals surface area contributed by atoms with Crippen molar-refractivity contribution in [2.24, 2.45) is 0 Å². The standard InChI is InChI=1S/C18H17ClFN3O4/c19-13-7-11(1-2-14(13)20)23-18-12-8-16(26-5-3-24)17(27-6-4-25)9-15(12)21-10-22-18/h1-2,7-10,24-25H,3-6H2,(H,21,22,23). The zero-order chi connectivity index (χ0) is 19.2. The van der Waals surface area contributed by atoms with Crippen molar-refractivity contribution in [3.8, 4) is 11.5 Å². The highest BCUT2D eigenvalue weighted by Crippen LogP contribution is 2.35. The first-order chi connectivity index (χ1) is 13.1. The molecule has 0 saturated heterocycles. The summed E-state index contributed by atoms with van der Waals surface area (Å²) in [6.07, 6.45) is 1.37. The van der Waals surface area contributed by atoms with Gasteiger partial charge in [0.1, 0.15) is 31.2 Å². The highest BCUT2D eigenvalue weighted by atomic mass is 35.5. The Balaban J connectivity index is 2.01. The lowest BCUT2D eigenvalue weighted by atomic mass is 10.2. The molecular weight excluding hydrogens is 377 g/mol. The zero-order valence-electron chi connectivity index (χ0n) is 14.2. The van der Waals surface area contributed by atoms with Gasteiger partial charge < -0.3 is 25.0 Å². The van der Waals surface area contributed by atoms with E-state index in [1.165, 1.54) is 24.5 Å². The third kappa shape index (κ3) is 4.54. The number of aromatic nitrogens is 2. The van der Waals surface area contributed by atoms with Gasteiger partial charge in [0.15, 0.2) is 11.5 Å². The van der Waals surface area contributed by atoms with E-state index in [1.54, 1.807) is 12.1 Å². The van der Waals surface area contributed by atoms with Gasteiger partial charge in [-0.25, -0.2) is 14.4 Å². The minimum atomic E-state index is -0.514. The molecule has 0 saturated carbocycles. The van der Waals surface area contributed by atoms with Crippen molar-refractivity contribution in [2.45, 2.75) is 0 Å². The van der Waals surface area contributed by atoms with E-state index in [0.29, 0.717) is 33.9 Å². The number of aliphatic hydroxyl groups is 2. The van der Waals surface area contributed by atoms with E-state index in [2.05, 4.69) is 15.3 Å². The van der Waals surface area contributed by atoms with E-state index < -0.39 is 5.82 Å². The predicted octanol–water partition coefficient (Wildman–Crippen LogP) is 2.91. The highest BCUT2D eigenvalue weighted by molar-refractivity contribution is 6.31. The molecule has 3 N–H and O–H groups in total. The first-order valence-corrected chi connectivity index (χ1v) is 8.48. The molecule has 2 aromatic carbocycles. The Morgan fingerprint density at radius 3 is 2.37 bits per heavy atom. The molecule has 9 heteroatoms. The molecule has 0 spiro atoms. The van der Waals surface area contributed by atoms with E-state index in [4.69, 9.17) is 31.3 Å². The SMILES string of the molecule is OCCOc1cc2ncnc(Nc3ccc(F)c(Cl)c3)c2cc1OCCO. The summed E-state index contributed by atoms with van der Waals surface area (Å²) in [6.45, 7) is -0.155. The van der Waals surface area contributed by atoms with Crippen LogP contribution in [0.2, 0.25) is 5.02 Å². The molecule has 3 aromatic rings. The fourth-order valence-electron chi connectivity index (χ4n) is 2.41. The first kappa shape index (κ1) is 19.1. The number of rotatable bonds is 8. The number of benzene rings is 2. The average molecular weight is 394 g/mol. The Labute approximate surface area is 159 Å². The van der Waals surface area contributed by atoms with Gasteiger partial charge in [-0.15, -0.1) is 0 Å². The number of nitrogens with one attached hydrogen (secondary N) is 1. The van der Waals surface area contributed by atoms with Crippen molar-refractivity contribution < 1.29 is 24.1 Å². The Morgan fingerprint density at radius 2 is 1.70 bits per heavy atom. The smallest absolute Gasteiger partial charge is 0.163 e. The van der Waals surface area contributed by atoms with Crippen LogP contribution in [0.5, 0.6) is 11.5 Å². The minimum absolute atomic E-state index is 0.00924. The van der Waals surface area contributed by atoms with Crippen LogP contribution < -0.4 is 14.8 Å². The minimum Gasteiger partial charge on any atom is -0.487 e. The molecule has 0 bridgehead atoms. The van der Waals surface area contributed by atoms with Crippen LogP contribution >= 0.6 is 11.6 Å². The molecule has 0 aliphatic heterocycles. The van der Waals surface area contributed by atoms with Gasteiger partial charge in [-0.2, -0.15) is 0 Å². The summed E-state index contributed by atoms with van der Waals surface area (Å²) in [5, 5.41) is 21.7. The van der Waals surface area contributed by atoms with Crippen LogP contribution in [0.4, 0.5) is 15.9 Å². The summed E-state index contributed by atoms with van der Waals surface area (Å²) in [4.78, 5) is 8.44. The van der Waals surface area contributed by atoms with Crippen LogP contribution in [0.25, 0.3) is 10.9 Å². The molecule has 3 rings (SSSR count). The van der Waals surface area contributed by atoms with Crippen molar-refractivity contribution in [2.75, 3.05) is 31.7 Å². The normalized spacial score (nSPS) is 10.8. The fraction of sp³-hybridized carbons (Fsp3) is 0.222. The number of ether oxygens (including phenoxy) is 2. The third-order valence-corrected chi connectivity index (χ3v) is 3.87. The second-order valence-corrected chi connectivity index (χ2v) is 5.84. The first-order valence-electron chi connectivity index (χ1n) is 8.10. The number of anilines is 2. The maximum absolute atomic E-state index is 13.4. The van der Waals surface area contributed by atoms with Gasteiger partial charge in [0.25, 0.3) is 0 Å². The second-order valence-electron chi connectivity index (χ2n) is 5.44. The number of nitrogens with zero attached hydrogens (tertiary/aromatic N) is 2. The number of halogens is 2. The quantitative estimate of drug-likeness (QED) is 0.541. The summed E-state index contributed by atoms with van der Waals surface area (Å²) in [5.74, 6) is 0.713. The van der Waals surface area contributed by atoms with Gasteiger partial charge >= 0.3 is 0 Å². The molecule has 27 heavy (non-hydrogen) atoms. The molecule has 0 aliphatic carbocycles. The van der Waals surface area contributed by atoms with E-state index in [0.717, 1.165) is 0 Å². The van der Waals surface area contributed by atoms with Crippen LogP contribution in [0.15, 0.2) is 36.7 Å². The van der Waals surface area contributed by atoms with Crippen molar-refractivity contribution in [1.82, 2.24) is 9.97 Å². The maximum Gasteiger partial charge on any atom is 0.163 e. The van der Waals surface area contributed by atoms with Gasteiger partial charge in [-0.05, 0) is 24.3 Å². The summed E-state index contributed by atoms with van der Waals surface area (Å²) >= 11 is 5.82. The Morgan fingerprint density at radius 1 is 1.00 bits per heavy atom. The molecular formula is C18H17ClFN3O4. The average Bonchev–Trinajstić information content (AvgIpc) is 2.67. The molecule has 0 atom stereocenters. The Kier molecular flexibility index (Phi) is 6.23. The summed E-state index contributed by atoms with van der Waals surface area (Å²) < 4.78 is 24.4. The number of fused-ring (bicyclic) bond motifs is 1. The molecule has 0 unspecified atom stereocenters. The third-order valence-electron chi connectivity index (χ3n) is 3.58. The molecule has 1 heterocycles. The lowest BCUT2D eigenvalue weighted by Crippen LogP contribution is -2.07. The zero-order valence-corrected chi connectivity index (χ0v) is 14.9. The van der Waals surface area contributed by atoms with E-state index in [-0.39, 0.29) is 31.5 Å². The molecule has 0 radical (unpaired) electrons. The highest BCUT2D eigenvalue weighted by Gasteiger charge is 2.13. The van der Waals surface area contributed by atoms with Gasteiger partial charge in [0, 0.05) is 17.1 Å². The molecule has 0 fully saturated rings. The maximum atomic E-state index is 13.4. The van der Waals surface area contributed by atoms with Crippen molar-refractivity contribution in [3.63, 3.8) is 0 Å². The van der Waals surface area contributed by atoms with Gasteiger partial charge in [-0.3, -0.25) is 0 Å². The summed E-state index contributed by atoms with van der Waals surface area (Å²) in [5.41, 5.74) is 1.13. The molecule has 142 valence electrons. The van der Waals surface area contributed by atoms with E-state index in [9.17, 15) is 4.39 Å². The number of hydrogen-bond donors (Lipinski definition) is 3. The lowest BCUT2D eigenvalue weighted by molar-refractivity contribution is 0.178. The lowest BCUT2D eigenvalue weighted by Gasteiger charge is -2.14. The predicted molar refractivity (Wildman–Crippen MR) is 99.4 cm³/mol. The Bertz CT molecular complexity index is 942. The van der Waals surface area contributed by atoms with Crippen LogP contribution in [0.3, 0.4) is 0 Å². The number of aliphatic hydroxyl groups excluding tert-OH is 2. The Hall–Kier alpha value is -2.68. The van der Waals surface area contributed by atoms with Crippen LogP contribution in [-0.4, -0.2) is 46.6 Å². The molecule has 0 amide bonds. The molecule has 1 aromatic heterocycles. The van der Waals surface area contributed by atoms with Crippen LogP contribution in [0.1, 0.15) is 0 Å². The topological polar surface area (TPSA) is 96.7 Å². The monoisotopic (exact) mass is 393 g/mol.